The first-order valence-electron chi connectivity index (χ1n) is 19.7. The summed E-state index contributed by atoms with van der Waals surface area (Å²) in [7, 11) is 0. The Labute approximate surface area is 327 Å². The molecule has 3 heteroatoms. The number of para-hydroxylation sites is 6. The molecule has 57 heavy (non-hydrogen) atoms. The van der Waals surface area contributed by atoms with Gasteiger partial charge in [-0.1, -0.05) is 121 Å². The fourth-order valence-corrected chi connectivity index (χ4v) is 9.94. The summed E-state index contributed by atoms with van der Waals surface area (Å²) in [5, 5.41) is 10.2. The van der Waals surface area contributed by atoms with Gasteiger partial charge in [-0.15, -0.1) is 0 Å². The largest absolute Gasteiger partial charge is 0.309 e. The Morgan fingerprint density at radius 3 is 1.30 bits per heavy atom. The number of hydrogen-bond donors (Lipinski definition) is 0. The first-order valence-corrected chi connectivity index (χ1v) is 19.7. The van der Waals surface area contributed by atoms with Gasteiger partial charge in [0.05, 0.1) is 38.6 Å². The molecule has 0 aliphatic carbocycles. The van der Waals surface area contributed by atoms with Crippen LogP contribution in [0.25, 0.3) is 115 Å². The van der Waals surface area contributed by atoms with E-state index in [1.165, 1.54) is 110 Å². The summed E-state index contributed by atoms with van der Waals surface area (Å²) in [4.78, 5) is 0. The van der Waals surface area contributed by atoms with E-state index in [0.29, 0.717) is 0 Å². The van der Waals surface area contributed by atoms with Crippen molar-refractivity contribution in [3.63, 3.8) is 0 Å². The average Bonchev–Trinajstić information content (AvgIpc) is 4.01. The van der Waals surface area contributed by atoms with Gasteiger partial charge in [0.2, 0.25) is 0 Å². The molecule has 0 atom stereocenters. The predicted molar refractivity (Wildman–Crippen MR) is 241 cm³/mol. The fraction of sp³-hybridized carbons (Fsp3) is 0. The van der Waals surface area contributed by atoms with Gasteiger partial charge in [0.15, 0.2) is 0 Å². The minimum absolute atomic E-state index is 1.15. The average molecular weight is 724 g/mol. The fourth-order valence-electron chi connectivity index (χ4n) is 9.94. The van der Waals surface area contributed by atoms with Crippen molar-refractivity contribution in [3.05, 3.63) is 200 Å². The monoisotopic (exact) mass is 723 g/mol. The lowest BCUT2D eigenvalue weighted by molar-refractivity contribution is 1.18. The summed E-state index contributed by atoms with van der Waals surface area (Å²) in [6, 6.07) is 73.7. The Morgan fingerprint density at radius 1 is 0.246 bits per heavy atom. The quantitative estimate of drug-likeness (QED) is 0.172. The normalized spacial score (nSPS) is 12.2. The summed E-state index contributed by atoms with van der Waals surface area (Å²) in [5.74, 6) is 0. The van der Waals surface area contributed by atoms with Crippen molar-refractivity contribution in [2.45, 2.75) is 0 Å². The number of benzene rings is 9. The Balaban J connectivity index is 1.07. The number of nitrogens with zero attached hydrogens (tertiary/aromatic N) is 3. The first-order chi connectivity index (χ1) is 28.3. The van der Waals surface area contributed by atoms with Crippen LogP contribution in [0.4, 0.5) is 0 Å². The molecular weight excluding hydrogens is 691 g/mol. The maximum Gasteiger partial charge on any atom is 0.0620 e. The first kappa shape index (κ1) is 30.7. The second kappa shape index (κ2) is 11.5. The minimum Gasteiger partial charge on any atom is -0.309 e. The third-order valence-electron chi connectivity index (χ3n) is 12.3. The van der Waals surface area contributed by atoms with E-state index in [1.54, 1.807) is 0 Å². The van der Waals surface area contributed by atoms with Gasteiger partial charge in [-0.3, -0.25) is 0 Å². The van der Waals surface area contributed by atoms with E-state index in [2.05, 4.69) is 214 Å². The van der Waals surface area contributed by atoms with Gasteiger partial charge in [0, 0.05) is 60.0 Å². The van der Waals surface area contributed by atoms with Crippen LogP contribution in [0.5, 0.6) is 0 Å². The summed E-state index contributed by atoms with van der Waals surface area (Å²) < 4.78 is 7.31. The molecule has 264 valence electrons. The number of hydrogen-bond acceptors (Lipinski definition) is 0. The van der Waals surface area contributed by atoms with E-state index in [9.17, 15) is 0 Å². The van der Waals surface area contributed by atoms with Gasteiger partial charge in [0.1, 0.15) is 0 Å². The van der Waals surface area contributed by atoms with Crippen LogP contribution in [0, 0.1) is 0 Å². The van der Waals surface area contributed by atoms with E-state index in [0.717, 1.165) is 5.69 Å². The minimum atomic E-state index is 1.15. The van der Waals surface area contributed by atoms with Crippen LogP contribution in [0.2, 0.25) is 0 Å². The summed E-state index contributed by atoms with van der Waals surface area (Å²) in [5.41, 5.74) is 15.8. The maximum atomic E-state index is 2.47. The smallest absolute Gasteiger partial charge is 0.0620 e. The predicted octanol–water partition coefficient (Wildman–Crippen LogP) is 14.4. The third-order valence-corrected chi connectivity index (χ3v) is 12.3. The van der Waals surface area contributed by atoms with Gasteiger partial charge >= 0.3 is 0 Å². The lowest BCUT2D eigenvalue weighted by Crippen LogP contribution is -1.95. The van der Waals surface area contributed by atoms with Crippen LogP contribution in [0.1, 0.15) is 0 Å². The summed E-state index contributed by atoms with van der Waals surface area (Å²) in [6.45, 7) is 0. The van der Waals surface area contributed by atoms with E-state index in [4.69, 9.17) is 0 Å². The Bertz CT molecular complexity index is 3650. The second-order valence-corrected chi connectivity index (χ2v) is 15.3. The van der Waals surface area contributed by atoms with Crippen molar-refractivity contribution in [2.75, 3.05) is 0 Å². The molecule has 0 saturated carbocycles. The van der Waals surface area contributed by atoms with Gasteiger partial charge in [-0.2, -0.15) is 0 Å². The molecule has 0 fully saturated rings. The maximum absolute atomic E-state index is 2.47. The van der Waals surface area contributed by atoms with Crippen LogP contribution in [0.3, 0.4) is 0 Å². The van der Waals surface area contributed by atoms with Crippen molar-refractivity contribution in [1.29, 1.82) is 0 Å². The molecule has 4 aromatic heterocycles. The highest BCUT2D eigenvalue weighted by molar-refractivity contribution is 6.25. The molecule has 0 amide bonds. The number of aromatic nitrogens is 3. The standard InChI is InChI=1S/C54H33N3/c1-3-14-37(15-4-1)55-48-23-10-7-18-40(48)44-30-34(26-28-51(44)55)35-27-29-52-45(31-35)43-22-13-21-39(53(43)56(52)38-16-5-2-6-17-38)36-32-46-41-19-8-11-24-49(41)57-50-25-12-9-20-42(50)47(33-36)54(46)57/h1-33H. The zero-order valence-electron chi connectivity index (χ0n) is 30.9. The van der Waals surface area contributed by atoms with Crippen LogP contribution in [-0.4, -0.2) is 13.5 Å². The molecule has 0 N–H and O–H groups in total. The molecule has 0 aliphatic rings. The van der Waals surface area contributed by atoms with Crippen molar-refractivity contribution in [3.8, 4) is 33.6 Å². The molecule has 0 aliphatic heterocycles. The molecule has 9 aromatic carbocycles. The van der Waals surface area contributed by atoms with Gasteiger partial charge < -0.3 is 13.5 Å². The van der Waals surface area contributed by atoms with E-state index < -0.39 is 0 Å². The molecule has 13 rings (SSSR count). The topological polar surface area (TPSA) is 14.3 Å². The van der Waals surface area contributed by atoms with Gasteiger partial charge in [-0.25, -0.2) is 0 Å². The SMILES string of the molecule is c1ccc(-n2c3ccccc3c3cc(-c4ccc5c(c4)c4cccc(-c6cc7c8ccccc8n8c9ccccc9c(c6)c78)c4n5-c4ccccc4)ccc32)cc1. The summed E-state index contributed by atoms with van der Waals surface area (Å²) >= 11 is 0. The lowest BCUT2D eigenvalue weighted by Gasteiger charge is -2.12. The molecule has 0 spiro atoms. The molecule has 0 bridgehead atoms. The highest BCUT2D eigenvalue weighted by atomic mass is 15.0. The van der Waals surface area contributed by atoms with Crippen LogP contribution < -0.4 is 0 Å². The lowest BCUT2D eigenvalue weighted by atomic mass is 9.97. The Hall–Kier alpha value is -7.62. The van der Waals surface area contributed by atoms with Crippen molar-refractivity contribution in [2.24, 2.45) is 0 Å². The molecule has 13 aromatic rings. The third kappa shape index (κ3) is 4.20. The Kier molecular flexibility index (Phi) is 6.16. The van der Waals surface area contributed by atoms with Crippen LogP contribution in [0.15, 0.2) is 200 Å². The van der Waals surface area contributed by atoms with Crippen molar-refractivity contribution < 1.29 is 0 Å². The van der Waals surface area contributed by atoms with Crippen molar-refractivity contribution in [1.82, 2.24) is 13.5 Å². The van der Waals surface area contributed by atoms with Crippen LogP contribution in [-0.2, 0) is 0 Å². The highest BCUT2D eigenvalue weighted by Crippen LogP contribution is 2.45. The zero-order valence-corrected chi connectivity index (χ0v) is 30.9. The molecule has 4 heterocycles. The molecule has 3 nitrogen and oxygen atoms in total. The van der Waals surface area contributed by atoms with Gasteiger partial charge in [-0.05, 0) is 95.6 Å². The van der Waals surface area contributed by atoms with E-state index in [1.807, 2.05) is 0 Å². The van der Waals surface area contributed by atoms with E-state index >= 15 is 0 Å². The summed E-state index contributed by atoms with van der Waals surface area (Å²) in [6.07, 6.45) is 0. The number of rotatable bonds is 4. The molecule has 0 saturated heterocycles. The second-order valence-electron chi connectivity index (χ2n) is 15.3. The Morgan fingerprint density at radius 2 is 0.684 bits per heavy atom. The number of fused-ring (bicyclic) bond motifs is 12. The molecular formula is C54H33N3. The van der Waals surface area contributed by atoms with Crippen LogP contribution >= 0.6 is 0 Å². The zero-order chi connectivity index (χ0) is 37.2. The highest BCUT2D eigenvalue weighted by Gasteiger charge is 2.22. The molecule has 0 radical (unpaired) electrons. The van der Waals surface area contributed by atoms with E-state index in [-0.39, 0.29) is 0 Å². The molecule has 0 unspecified atom stereocenters. The van der Waals surface area contributed by atoms with Crippen molar-refractivity contribution >= 4 is 81.7 Å². The van der Waals surface area contributed by atoms with Gasteiger partial charge in [0.25, 0.3) is 0 Å².